The van der Waals surface area contributed by atoms with Gasteiger partial charge in [0.15, 0.2) is 16.4 Å². The van der Waals surface area contributed by atoms with Crippen LogP contribution in [0.4, 0.5) is 5.13 Å². The van der Waals surface area contributed by atoms with Crippen molar-refractivity contribution in [2.75, 3.05) is 12.0 Å². The van der Waals surface area contributed by atoms with Crippen molar-refractivity contribution in [1.82, 2.24) is 0 Å². The van der Waals surface area contributed by atoms with Gasteiger partial charge in [0.25, 0.3) is 0 Å². The van der Waals surface area contributed by atoms with Gasteiger partial charge in [-0.05, 0) is 29.5 Å². The van der Waals surface area contributed by atoms with Crippen LogP contribution in [0, 0.1) is 12.3 Å². The number of aromatic nitrogens is 1. The van der Waals surface area contributed by atoms with Gasteiger partial charge in [0, 0.05) is 6.26 Å². The van der Waals surface area contributed by atoms with Crippen molar-refractivity contribution in [2.24, 2.45) is 0 Å². The number of rotatable bonds is 2. The molecule has 0 unspecified atom stereocenters. The Morgan fingerprint density at radius 2 is 2.17 bits per heavy atom. The lowest BCUT2D eigenvalue weighted by molar-refractivity contribution is -0.640. The Bertz CT molecular complexity index is 729. The molecule has 0 radical (unpaired) electrons. The number of fused-ring (bicyclic) bond motifs is 1. The van der Waals surface area contributed by atoms with Crippen LogP contribution < -0.4 is 27.3 Å². The molecule has 0 atom stereocenters. The summed E-state index contributed by atoms with van der Waals surface area (Å²) in [5.41, 5.74) is 6.69. The van der Waals surface area contributed by atoms with Gasteiger partial charge in [-0.3, -0.25) is 5.73 Å². The first-order valence-electron chi connectivity index (χ1n) is 4.79. The van der Waals surface area contributed by atoms with Crippen LogP contribution in [0.25, 0.3) is 10.2 Å². The maximum Gasteiger partial charge on any atom is 0.333 e. The average molecular weight is 347 g/mol. The summed E-state index contributed by atoms with van der Waals surface area (Å²) in [6, 6.07) is 4.92. The van der Waals surface area contributed by atoms with Gasteiger partial charge in [0.1, 0.15) is 5.52 Å². The van der Waals surface area contributed by atoms with Crippen molar-refractivity contribution in [3.8, 4) is 12.3 Å². The van der Waals surface area contributed by atoms with E-state index in [0.717, 1.165) is 10.2 Å². The predicted octanol–water partition coefficient (Wildman–Crippen LogP) is -2.19. The topological polar surface area (TPSA) is 64.0 Å². The number of hydrogen-bond donors (Lipinski definition) is 1. The molecule has 0 spiro atoms. The minimum atomic E-state index is -3.19. The summed E-state index contributed by atoms with van der Waals surface area (Å²) >= 11 is 1.33. The first-order valence-corrected chi connectivity index (χ1v) is 7.49. The molecule has 0 aliphatic rings. The fourth-order valence-corrected chi connectivity index (χ4v) is 3.26. The summed E-state index contributed by atoms with van der Waals surface area (Å²) in [6.07, 6.45) is 6.44. The minimum absolute atomic E-state index is 0. The second kappa shape index (κ2) is 5.26. The largest absolute Gasteiger partial charge is 1.00 e. The fraction of sp³-hybridized carbons (Fsp3) is 0.182. The Labute approximate surface area is 120 Å². The number of nitrogens with two attached hydrogens (primary N) is 1. The second-order valence-corrected chi connectivity index (χ2v) is 6.71. The second-order valence-electron chi connectivity index (χ2n) is 3.63. The van der Waals surface area contributed by atoms with E-state index in [4.69, 9.17) is 12.2 Å². The van der Waals surface area contributed by atoms with Gasteiger partial charge in [-0.15, -0.1) is 6.42 Å². The lowest BCUT2D eigenvalue weighted by atomic mass is 10.3. The number of sulfone groups is 1. The highest BCUT2D eigenvalue weighted by Crippen LogP contribution is 2.24. The minimum Gasteiger partial charge on any atom is -1.00 e. The van der Waals surface area contributed by atoms with Crippen LogP contribution in [0.15, 0.2) is 23.1 Å². The van der Waals surface area contributed by atoms with E-state index in [1.54, 1.807) is 22.8 Å². The van der Waals surface area contributed by atoms with Crippen LogP contribution >= 0.6 is 11.3 Å². The summed E-state index contributed by atoms with van der Waals surface area (Å²) < 4.78 is 25.5. The molecule has 0 saturated carbocycles. The number of hydrogen-bond acceptors (Lipinski definition) is 4. The Morgan fingerprint density at radius 3 is 2.72 bits per heavy atom. The molecular formula is C11H11BrN2O2S2. The van der Waals surface area contributed by atoms with E-state index in [1.807, 2.05) is 0 Å². The molecule has 7 heteroatoms. The summed E-state index contributed by atoms with van der Waals surface area (Å²) in [5.74, 6) is 2.52. The van der Waals surface area contributed by atoms with Gasteiger partial charge in [0.2, 0.25) is 0 Å². The third kappa shape index (κ3) is 2.66. The predicted molar refractivity (Wildman–Crippen MR) is 68.4 cm³/mol. The van der Waals surface area contributed by atoms with Gasteiger partial charge >= 0.3 is 5.13 Å². The van der Waals surface area contributed by atoms with E-state index in [9.17, 15) is 8.42 Å². The molecule has 0 bridgehead atoms. The quantitative estimate of drug-likeness (QED) is 0.496. The standard InChI is InChI=1S/C11H10N2O2S2.BrH/c1-3-6-13-9-5-4-8(17(2,14)15)7-10(9)16-11(13)12;/h1,4-5,7,12H,6H2,2H3;1H. The van der Waals surface area contributed by atoms with Crippen molar-refractivity contribution >= 4 is 36.5 Å². The zero-order valence-corrected chi connectivity index (χ0v) is 12.8. The monoisotopic (exact) mass is 346 g/mol. The molecule has 18 heavy (non-hydrogen) atoms. The molecule has 4 nitrogen and oxygen atoms in total. The van der Waals surface area contributed by atoms with Gasteiger partial charge in [-0.1, -0.05) is 5.92 Å². The zero-order chi connectivity index (χ0) is 12.6. The number of nitrogens with zero attached hydrogens (tertiary/aromatic N) is 1. The summed E-state index contributed by atoms with van der Waals surface area (Å²) in [6.45, 7) is 0.379. The molecule has 2 N–H and O–H groups in total. The molecular weight excluding hydrogens is 336 g/mol. The Hall–Kier alpha value is -1.10. The van der Waals surface area contributed by atoms with Crippen molar-refractivity contribution in [2.45, 2.75) is 11.4 Å². The van der Waals surface area contributed by atoms with Crippen LogP contribution in [-0.2, 0) is 16.4 Å². The molecule has 1 aromatic carbocycles. The molecule has 2 rings (SSSR count). The lowest BCUT2D eigenvalue weighted by Gasteiger charge is -1.97. The van der Waals surface area contributed by atoms with E-state index in [0.29, 0.717) is 16.6 Å². The maximum atomic E-state index is 11.4. The Kier molecular flexibility index (Phi) is 4.37. The summed E-state index contributed by atoms with van der Waals surface area (Å²) in [4.78, 5) is 0.291. The van der Waals surface area contributed by atoms with Gasteiger partial charge < -0.3 is 17.0 Å². The van der Waals surface area contributed by atoms with Crippen LogP contribution in [0.1, 0.15) is 0 Å². The van der Waals surface area contributed by atoms with Crippen molar-refractivity contribution < 1.29 is 30.0 Å². The molecule has 0 aliphatic heterocycles. The van der Waals surface area contributed by atoms with E-state index < -0.39 is 9.84 Å². The highest BCUT2D eigenvalue weighted by Gasteiger charge is 2.16. The number of nitrogen functional groups attached to an aromatic ring is 1. The van der Waals surface area contributed by atoms with E-state index in [2.05, 4.69) is 5.92 Å². The third-order valence-corrected chi connectivity index (χ3v) is 4.47. The fourth-order valence-electron chi connectivity index (χ4n) is 1.57. The number of halogens is 1. The van der Waals surface area contributed by atoms with Crippen molar-refractivity contribution in [3.63, 3.8) is 0 Å². The molecule has 0 amide bonds. The lowest BCUT2D eigenvalue weighted by Crippen LogP contribution is -3.00. The van der Waals surface area contributed by atoms with Crippen LogP contribution in [0.5, 0.6) is 0 Å². The third-order valence-electron chi connectivity index (χ3n) is 2.38. The van der Waals surface area contributed by atoms with E-state index in [1.165, 1.54) is 17.6 Å². The first kappa shape index (κ1) is 15.0. The first-order chi connectivity index (χ1) is 7.93. The van der Waals surface area contributed by atoms with Gasteiger partial charge in [-0.2, -0.15) is 0 Å². The maximum absolute atomic E-state index is 11.4. The number of terminal acetylenes is 1. The van der Waals surface area contributed by atoms with Crippen molar-refractivity contribution in [3.05, 3.63) is 18.2 Å². The normalized spacial score (nSPS) is 10.9. The molecule has 96 valence electrons. The number of thiazole rings is 1. The van der Waals surface area contributed by atoms with E-state index in [-0.39, 0.29) is 17.0 Å². The van der Waals surface area contributed by atoms with Crippen molar-refractivity contribution in [1.29, 1.82) is 0 Å². The molecule has 2 aromatic rings. The zero-order valence-electron chi connectivity index (χ0n) is 9.55. The average Bonchev–Trinajstić information content (AvgIpc) is 2.54. The molecule has 0 saturated heterocycles. The molecule has 0 fully saturated rings. The summed E-state index contributed by atoms with van der Waals surface area (Å²) in [7, 11) is -3.19. The highest BCUT2D eigenvalue weighted by atomic mass is 79.9. The van der Waals surface area contributed by atoms with Gasteiger partial charge in [0.05, 0.1) is 9.60 Å². The number of benzene rings is 1. The SMILES string of the molecule is C#CC[n+]1c(N)sc2cc(S(C)(=O)=O)ccc21.[Br-]. The van der Waals surface area contributed by atoms with Crippen LogP contribution in [0.2, 0.25) is 0 Å². The molecule has 0 aliphatic carbocycles. The highest BCUT2D eigenvalue weighted by molar-refractivity contribution is 7.90. The molecule has 1 heterocycles. The van der Waals surface area contributed by atoms with E-state index >= 15 is 0 Å². The molecule has 1 aromatic heterocycles. The Balaban J connectivity index is 0.00000162. The van der Waals surface area contributed by atoms with Crippen LogP contribution in [0.3, 0.4) is 0 Å². The smallest absolute Gasteiger partial charge is 0.333 e. The summed E-state index contributed by atoms with van der Waals surface area (Å²) in [5, 5.41) is 0.573. The van der Waals surface area contributed by atoms with Gasteiger partial charge in [-0.25, -0.2) is 13.0 Å². The number of anilines is 1. The Morgan fingerprint density at radius 1 is 1.50 bits per heavy atom. The van der Waals surface area contributed by atoms with Crippen LogP contribution in [-0.4, -0.2) is 14.7 Å².